The van der Waals surface area contributed by atoms with Crippen molar-refractivity contribution in [1.29, 1.82) is 0 Å². The zero-order chi connectivity index (χ0) is 13.8. The van der Waals surface area contributed by atoms with Crippen molar-refractivity contribution in [2.45, 2.75) is 12.8 Å². The second kappa shape index (κ2) is 6.10. The third-order valence-electron chi connectivity index (χ3n) is 3.47. The maximum absolute atomic E-state index is 13.1. The summed E-state index contributed by atoms with van der Waals surface area (Å²) in [6.07, 6.45) is 1.12. The number of hydrogen-bond donors (Lipinski definition) is 1. The predicted molar refractivity (Wildman–Crippen MR) is 68.7 cm³/mol. The molecule has 104 valence electrons. The average molecular weight is 268 g/mol. The largest absolute Gasteiger partial charge is 0.342 e. The quantitative estimate of drug-likeness (QED) is 0.899. The average Bonchev–Trinajstić information content (AvgIpc) is 2.83. The van der Waals surface area contributed by atoms with Crippen molar-refractivity contribution in [3.63, 3.8) is 0 Å². The summed E-state index contributed by atoms with van der Waals surface area (Å²) in [5.41, 5.74) is 0.515. The van der Waals surface area contributed by atoms with Gasteiger partial charge in [-0.25, -0.2) is 8.78 Å². The van der Waals surface area contributed by atoms with Crippen LogP contribution in [0, 0.1) is 17.6 Å². The monoisotopic (exact) mass is 268 g/mol. The molecule has 1 aromatic rings. The molecule has 5 heteroatoms. The lowest BCUT2D eigenvalue weighted by molar-refractivity contribution is -0.129. The molecule has 1 aliphatic rings. The first-order chi connectivity index (χ1) is 9.10. The van der Waals surface area contributed by atoms with Crippen LogP contribution in [-0.4, -0.2) is 37.5 Å². The van der Waals surface area contributed by atoms with Crippen LogP contribution in [0.2, 0.25) is 0 Å². The minimum Gasteiger partial charge on any atom is -0.342 e. The topological polar surface area (TPSA) is 32.3 Å². The number of likely N-dealkylation sites (tertiary alicyclic amines) is 1. The van der Waals surface area contributed by atoms with Gasteiger partial charge in [0, 0.05) is 13.1 Å². The molecule has 0 aliphatic carbocycles. The van der Waals surface area contributed by atoms with Gasteiger partial charge in [0.15, 0.2) is 11.6 Å². The highest BCUT2D eigenvalue weighted by atomic mass is 19.2. The van der Waals surface area contributed by atoms with Gasteiger partial charge >= 0.3 is 0 Å². The Morgan fingerprint density at radius 1 is 1.42 bits per heavy atom. The van der Waals surface area contributed by atoms with Crippen molar-refractivity contribution in [2.24, 2.45) is 5.92 Å². The molecule has 0 spiro atoms. The number of amides is 1. The summed E-state index contributed by atoms with van der Waals surface area (Å²) in [5, 5.41) is 3.10. The van der Waals surface area contributed by atoms with Gasteiger partial charge in [0.2, 0.25) is 5.91 Å². The molecule has 1 amide bonds. The minimum absolute atomic E-state index is 0.0235. The van der Waals surface area contributed by atoms with Gasteiger partial charge in [0.25, 0.3) is 0 Å². The van der Waals surface area contributed by atoms with Crippen LogP contribution in [0.3, 0.4) is 0 Å². The van der Waals surface area contributed by atoms with Crippen LogP contribution < -0.4 is 5.32 Å². The highest BCUT2D eigenvalue weighted by Gasteiger charge is 2.25. The molecule has 0 saturated carbocycles. The summed E-state index contributed by atoms with van der Waals surface area (Å²) in [5.74, 6) is -1.32. The van der Waals surface area contributed by atoms with E-state index in [1.54, 1.807) is 4.90 Å². The highest BCUT2D eigenvalue weighted by Crippen LogP contribution is 2.17. The number of halogens is 2. The molecule has 1 heterocycles. The van der Waals surface area contributed by atoms with Gasteiger partial charge in [-0.15, -0.1) is 0 Å². The molecule has 1 fully saturated rings. The molecule has 0 bridgehead atoms. The molecule has 1 aliphatic heterocycles. The molecule has 1 N–H and O–H groups in total. The number of rotatable bonds is 4. The first-order valence-corrected chi connectivity index (χ1v) is 6.46. The molecule has 0 radical (unpaired) electrons. The lowest BCUT2D eigenvalue weighted by Crippen LogP contribution is -2.31. The fraction of sp³-hybridized carbons (Fsp3) is 0.500. The van der Waals surface area contributed by atoms with Crippen LogP contribution in [0.4, 0.5) is 8.78 Å². The van der Waals surface area contributed by atoms with E-state index in [1.807, 2.05) is 7.05 Å². The van der Waals surface area contributed by atoms with E-state index < -0.39 is 11.6 Å². The number of benzene rings is 1. The SMILES string of the molecule is CNCC1CCN(C(=O)Cc2ccc(F)c(F)c2)C1. The van der Waals surface area contributed by atoms with E-state index in [-0.39, 0.29) is 12.3 Å². The Kier molecular flexibility index (Phi) is 4.47. The zero-order valence-electron chi connectivity index (χ0n) is 11.0. The lowest BCUT2D eigenvalue weighted by Gasteiger charge is -2.16. The Balaban J connectivity index is 1.92. The van der Waals surface area contributed by atoms with Crippen molar-refractivity contribution in [3.05, 3.63) is 35.4 Å². The molecule has 1 aromatic carbocycles. The van der Waals surface area contributed by atoms with Gasteiger partial charge in [-0.3, -0.25) is 4.79 Å². The third kappa shape index (κ3) is 3.50. The number of hydrogen-bond acceptors (Lipinski definition) is 2. The van der Waals surface area contributed by atoms with E-state index >= 15 is 0 Å². The number of nitrogens with one attached hydrogen (secondary N) is 1. The van der Waals surface area contributed by atoms with Crippen LogP contribution in [-0.2, 0) is 11.2 Å². The van der Waals surface area contributed by atoms with Crippen LogP contribution >= 0.6 is 0 Å². The summed E-state index contributed by atoms with van der Waals surface area (Å²) >= 11 is 0. The predicted octanol–water partition coefficient (Wildman–Crippen LogP) is 1.58. The summed E-state index contributed by atoms with van der Waals surface area (Å²) in [6.45, 7) is 2.38. The normalized spacial score (nSPS) is 18.9. The molecular formula is C14H18F2N2O. The van der Waals surface area contributed by atoms with Gasteiger partial charge in [-0.05, 0) is 43.6 Å². The fourth-order valence-electron chi connectivity index (χ4n) is 2.45. The molecule has 1 atom stereocenters. The van der Waals surface area contributed by atoms with Gasteiger partial charge < -0.3 is 10.2 Å². The fourth-order valence-corrected chi connectivity index (χ4v) is 2.45. The molecule has 0 aromatic heterocycles. The maximum Gasteiger partial charge on any atom is 0.227 e. The van der Waals surface area contributed by atoms with Crippen LogP contribution in [0.5, 0.6) is 0 Å². The third-order valence-corrected chi connectivity index (χ3v) is 3.47. The molecule has 19 heavy (non-hydrogen) atoms. The standard InChI is InChI=1S/C14H18F2N2O/c1-17-8-11-4-5-18(9-11)14(19)7-10-2-3-12(15)13(16)6-10/h2-3,6,11,17H,4-5,7-9H2,1H3. The Labute approximate surface area is 111 Å². The van der Waals surface area contributed by atoms with E-state index in [2.05, 4.69) is 5.32 Å². The zero-order valence-corrected chi connectivity index (χ0v) is 11.0. The van der Waals surface area contributed by atoms with E-state index in [1.165, 1.54) is 6.07 Å². The highest BCUT2D eigenvalue weighted by molar-refractivity contribution is 5.79. The van der Waals surface area contributed by atoms with Gasteiger partial charge in [-0.2, -0.15) is 0 Å². The van der Waals surface area contributed by atoms with E-state index in [4.69, 9.17) is 0 Å². The Morgan fingerprint density at radius 3 is 2.89 bits per heavy atom. The van der Waals surface area contributed by atoms with E-state index in [9.17, 15) is 13.6 Å². The van der Waals surface area contributed by atoms with Crippen molar-refractivity contribution in [3.8, 4) is 0 Å². The van der Waals surface area contributed by atoms with Gasteiger partial charge in [0.1, 0.15) is 0 Å². The summed E-state index contributed by atoms with van der Waals surface area (Å²) in [7, 11) is 1.89. The summed E-state index contributed by atoms with van der Waals surface area (Å²) in [4.78, 5) is 13.8. The Hall–Kier alpha value is -1.49. The molecule has 1 unspecified atom stereocenters. The lowest BCUT2D eigenvalue weighted by atomic mass is 10.1. The van der Waals surface area contributed by atoms with E-state index in [0.29, 0.717) is 11.5 Å². The second-order valence-electron chi connectivity index (χ2n) is 4.98. The second-order valence-corrected chi connectivity index (χ2v) is 4.98. The maximum atomic E-state index is 13.1. The van der Waals surface area contributed by atoms with Crippen LogP contribution in [0.25, 0.3) is 0 Å². The van der Waals surface area contributed by atoms with Crippen LogP contribution in [0.15, 0.2) is 18.2 Å². The smallest absolute Gasteiger partial charge is 0.227 e. The van der Waals surface area contributed by atoms with Gasteiger partial charge in [-0.1, -0.05) is 6.07 Å². The number of carbonyl (C=O) groups excluding carboxylic acids is 1. The molecule has 3 nitrogen and oxygen atoms in total. The molecular weight excluding hydrogens is 250 g/mol. The van der Waals surface area contributed by atoms with Crippen molar-refractivity contribution in [1.82, 2.24) is 10.2 Å². The Morgan fingerprint density at radius 2 is 2.21 bits per heavy atom. The first-order valence-electron chi connectivity index (χ1n) is 6.46. The first kappa shape index (κ1) is 13.9. The van der Waals surface area contributed by atoms with Crippen molar-refractivity contribution in [2.75, 3.05) is 26.7 Å². The molecule has 2 rings (SSSR count). The Bertz CT molecular complexity index is 465. The van der Waals surface area contributed by atoms with Gasteiger partial charge in [0.05, 0.1) is 6.42 Å². The van der Waals surface area contributed by atoms with E-state index in [0.717, 1.165) is 38.2 Å². The molecule has 1 saturated heterocycles. The number of carbonyl (C=O) groups is 1. The van der Waals surface area contributed by atoms with Crippen molar-refractivity contribution >= 4 is 5.91 Å². The number of nitrogens with zero attached hydrogens (tertiary/aromatic N) is 1. The summed E-state index contributed by atoms with van der Waals surface area (Å²) in [6, 6.07) is 3.61. The van der Waals surface area contributed by atoms with Crippen LogP contribution in [0.1, 0.15) is 12.0 Å². The van der Waals surface area contributed by atoms with Crippen molar-refractivity contribution < 1.29 is 13.6 Å². The minimum atomic E-state index is -0.903. The summed E-state index contributed by atoms with van der Waals surface area (Å²) < 4.78 is 25.9.